The summed E-state index contributed by atoms with van der Waals surface area (Å²) in [5, 5.41) is 0. The molecular formula is C29H39F2N3O3. The number of hydrogen-bond acceptors (Lipinski definition) is 4. The minimum absolute atomic E-state index is 0.0805. The molecule has 1 aliphatic heterocycles. The Morgan fingerprint density at radius 2 is 1.65 bits per heavy atom. The zero-order valence-electron chi connectivity index (χ0n) is 22.4. The molecule has 0 atom stereocenters. The fraction of sp³-hybridized carbons (Fsp3) is 0.517. The Morgan fingerprint density at radius 1 is 0.973 bits per heavy atom. The van der Waals surface area contributed by atoms with Gasteiger partial charge in [-0.25, -0.2) is 8.78 Å². The number of halogens is 2. The molecule has 0 spiro atoms. The van der Waals surface area contributed by atoms with E-state index in [1.165, 1.54) is 0 Å². The third-order valence-corrected chi connectivity index (χ3v) is 6.96. The van der Waals surface area contributed by atoms with Crippen molar-refractivity contribution in [2.45, 2.75) is 65.5 Å². The number of benzene rings is 2. The van der Waals surface area contributed by atoms with Crippen LogP contribution in [0.25, 0.3) is 0 Å². The van der Waals surface area contributed by atoms with Crippen molar-refractivity contribution in [1.82, 2.24) is 9.80 Å². The third-order valence-electron chi connectivity index (χ3n) is 6.96. The van der Waals surface area contributed by atoms with Crippen molar-refractivity contribution in [3.05, 3.63) is 59.2 Å². The molecule has 8 heteroatoms. The first kappa shape index (κ1) is 28.6. The number of para-hydroxylation sites is 1. The van der Waals surface area contributed by atoms with Gasteiger partial charge in [-0.2, -0.15) is 0 Å². The number of amides is 2. The van der Waals surface area contributed by atoms with Crippen LogP contribution in [-0.4, -0.2) is 60.9 Å². The van der Waals surface area contributed by atoms with E-state index in [-0.39, 0.29) is 31.2 Å². The second kappa shape index (κ2) is 13.5. The van der Waals surface area contributed by atoms with Crippen LogP contribution in [0.15, 0.2) is 36.4 Å². The van der Waals surface area contributed by atoms with Gasteiger partial charge in [0.2, 0.25) is 11.8 Å². The number of fused-ring (bicyclic) bond motifs is 1. The lowest BCUT2D eigenvalue weighted by Gasteiger charge is -2.33. The molecule has 1 heterocycles. The van der Waals surface area contributed by atoms with Crippen LogP contribution < -0.4 is 9.64 Å². The highest BCUT2D eigenvalue weighted by Gasteiger charge is 2.25. The molecule has 0 fully saturated rings. The van der Waals surface area contributed by atoms with Crippen LogP contribution in [-0.2, 0) is 22.6 Å². The first-order valence-electron chi connectivity index (χ1n) is 13.2. The predicted molar refractivity (Wildman–Crippen MR) is 142 cm³/mol. The molecule has 3 rings (SSSR count). The summed E-state index contributed by atoms with van der Waals surface area (Å²) in [5.74, 6) is -1.49. The number of anilines is 1. The average molecular weight is 516 g/mol. The standard InChI is InChI=1S/C29H39F2N3O3/c1-5-28(35)34-17-9-15-32(21(2)3)14-8-16-33(20-23-18-24(30)25(31)19-26(23)34)29(36)13-12-22-10-6-7-11-27(22)37-4/h6-7,10-11,18-19,21H,5,8-9,12-17,20H2,1-4H3. The maximum absolute atomic E-state index is 14.4. The minimum atomic E-state index is -1.00. The molecule has 0 saturated carbocycles. The first-order valence-corrected chi connectivity index (χ1v) is 13.2. The lowest BCUT2D eigenvalue weighted by atomic mass is 10.1. The van der Waals surface area contributed by atoms with Gasteiger partial charge in [0.05, 0.1) is 12.8 Å². The number of carbonyl (C=O) groups is 2. The number of carbonyl (C=O) groups excluding carboxylic acids is 2. The highest BCUT2D eigenvalue weighted by atomic mass is 19.2. The molecule has 0 radical (unpaired) electrons. The third kappa shape index (κ3) is 7.51. The van der Waals surface area contributed by atoms with Crippen LogP contribution in [0.1, 0.15) is 57.6 Å². The molecule has 0 aliphatic carbocycles. The van der Waals surface area contributed by atoms with Gasteiger partial charge in [0.1, 0.15) is 5.75 Å². The zero-order chi connectivity index (χ0) is 26.9. The van der Waals surface area contributed by atoms with Crippen molar-refractivity contribution < 1.29 is 23.1 Å². The van der Waals surface area contributed by atoms with Crippen LogP contribution in [0, 0.1) is 11.6 Å². The second-order valence-electron chi connectivity index (χ2n) is 9.76. The fourth-order valence-corrected chi connectivity index (χ4v) is 4.86. The van der Waals surface area contributed by atoms with E-state index in [0.717, 1.165) is 43.0 Å². The van der Waals surface area contributed by atoms with E-state index < -0.39 is 11.6 Å². The molecule has 1 aliphatic rings. The predicted octanol–water partition coefficient (Wildman–Crippen LogP) is 5.18. The normalized spacial score (nSPS) is 15.6. The van der Waals surface area contributed by atoms with Crippen LogP contribution in [0.2, 0.25) is 0 Å². The molecule has 0 aromatic heterocycles. The molecule has 0 saturated heterocycles. The summed E-state index contributed by atoms with van der Waals surface area (Å²) < 4.78 is 34.2. The van der Waals surface area contributed by atoms with Gasteiger partial charge in [-0.15, -0.1) is 0 Å². The summed E-state index contributed by atoms with van der Waals surface area (Å²) in [5.41, 5.74) is 1.71. The van der Waals surface area contributed by atoms with Crippen LogP contribution in [0.4, 0.5) is 14.5 Å². The Kier molecular flexibility index (Phi) is 10.4. The lowest BCUT2D eigenvalue weighted by Crippen LogP contribution is -2.40. The Labute approximate surface area is 219 Å². The number of rotatable bonds is 6. The maximum atomic E-state index is 14.4. The Hall–Kier alpha value is -3.00. The summed E-state index contributed by atoms with van der Waals surface area (Å²) in [4.78, 5) is 31.9. The topological polar surface area (TPSA) is 53.1 Å². The smallest absolute Gasteiger partial charge is 0.226 e. The van der Waals surface area contributed by atoms with Gasteiger partial charge in [0, 0.05) is 57.7 Å². The van der Waals surface area contributed by atoms with E-state index in [9.17, 15) is 18.4 Å². The second-order valence-corrected chi connectivity index (χ2v) is 9.76. The maximum Gasteiger partial charge on any atom is 0.226 e. The number of ether oxygens (including phenoxy) is 1. The van der Waals surface area contributed by atoms with Gasteiger partial charge in [-0.3, -0.25) is 9.59 Å². The number of nitrogens with zero attached hydrogens (tertiary/aromatic N) is 3. The van der Waals surface area contributed by atoms with E-state index in [1.807, 2.05) is 24.3 Å². The molecule has 2 aromatic carbocycles. The van der Waals surface area contributed by atoms with Gasteiger partial charge >= 0.3 is 0 Å². The van der Waals surface area contributed by atoms with Crippen molar-refractivity contribution >= 4 is 17.5 Å². The van der Waals surface area contributed by atoms with E-state index in [1.54, 1.807) is 23.8 Å². The summed E-state index contributed by atoms with van der Waals surface area (Å²) in [6.45, 7) is 8.57. The van der Waals surface area contributed by atoms with E-state index in [0.29, 0.717) is 43.2 Å². The van der Waals surface area contributed by atoms with Gasteiger partial charge < -0.3 is 19.4 Å². The molecular weight excluding hydrogens is 476 g/mol. The van der Waals surface area contributed by atoms with Gasteiger partial charge in [0.15, 0.2) is 11.6 Å². The number of hydrogen-bond donors (Lipinski definition) is 0. The largest absolute Gasteiger partial charge is 0.496 e. The SMILES string of the molecule is CCC(=O)N1CCCN(C(C)C)CCCN(C(=O)CCc2ccccc2OC)Cc2cc(F)c(F)cc21. The summed E-state index contributed by atoms with van der Waals surface area (Å²) in [7, 11) is 1.60. The average Bonchev–Trinajstić information content (AvgIpc) is 2.88. The summed E-state index contributed by atoms with van der Waals surface area (Å²) >= 11 is 0. The highest BCUT2D eigenvalue weighted by Crippen LogP contribution is 2.28. The quantitative estimate of drug-likeness (QED) is 0.532. The van der Waals surface area contributed by atoms with E-state index >= 15 is 0 Å². The minimum Gasteiger partial charge on any atom is -0.496 e. The first-order chi connectivity index (χ1) is 17.7. The van der Waals surface area contributed by atoms with E-state index in [4.69, 9.17) is 4.74 Å². The molecule has 37 heavy (non-hydrogen) atoms. The molecule has 0 unspecified atom stereocenters. The van der Waals surface area contributed by atoms with Crippen molar-refractivity contribution in [1.29, 1.82) is 0 Å². The Bertz CT molecular complexity index is 1080. The Morgan fingerprint density at radius 3 is 2.32 bits per heavy atom. The van der Waals surface area contributed by atoms with Crippen LogP contribution in [0.5, 0.6) is 5.75 Å². The monoisotopic (exact) mass is 515 g/mol. The fourth-order valence-electron chi connectivity index (χ4n) is 4.86. The van der Waals surface area contributed by atoms with Crippen molar-refractivity contribution in [3.63, 3.8) is 0 Å². The van der Waals surface area contributed by atoms with Gasteiger partial charge in [-0.1, -0.05) is 25.1 Å². The molecule has 6 nitrogen and oxygen atoms in total. The highest BCUT2D eigenvalue weighted by molar-refractivity contribution is 5.94. The molecule has 202 valence electrons. The lowest BCUT2D eigenvalue weighted by molar-refractivity contribution is -0.131. The van der Waals surface area contributed by atoms with Gasteiger partial charge in [-0.05, 0) is 56.4 Å². The van der Waals surface area contributed by atoms with Crippen LogP contribution in [0.3, 0.4) is 0 Å². The molecule has 2 amide bonds. The number of methoxy groups -OCH3 is 1. The molecule has 0 N–H and O–H groups in total. The van der Waals surface area contributed by atoms with Crippen LogP contribution >= 0.6 is 0 Å². The van der Waals surface area contributed by atoms with Crippen molar-refractivity contribution in [2.75, 3.05) is 38.2 Å². The molecule has 2 aromatic rings. The summed E-state index contributed by atoms with van der Waals surface area (Å²) in [6.07, 6.45) is 2.47. The van der Waals surface area contributed by atoms with Crippen molar-refractivity contribution in [2.24, 2.45) is 0 Å². The van der Waals surface area contributed by atoms with E-state index in [2.05, 4.69) is 18.7 Å². The Balaban J connectivity index is 1.94. The number of aryl methyl sites for hydroxylation is 1. The summed E-state index contributed by atoms with van der Waals surface area (Å²) in [6, 6.07) is 10.1. The van der Waals surface area contributed by atoms with Gasteiger partial charge in [0.25, 0.3) is 0 Å². The van der Waals surface area contributed by atoms with Crippen molar-refractivity contribution in [3.8, 4) is 5.75 Å². The molecule has 0 bridgehead atoms. The zero-order valence-corrected chi connectivity index (χ0v) is 22.4.